The number of amides is 1. The Morgan fingerprint density at radius 3 is 2.70 bits per heavy atom. The predicted octanol–water partition coefficient (Wildman–Crippen LogP) is 3.75. The number of aromatic amines is 1. The molecule has 4 aliphatic heterocycles. The number of imidazole rings is 1. The zero-order valence-corrected chi connectivity index (χ0v) is 25.7. The molecule has 10 heteroatoms. The number of piperidine rings is 1. The molecule has 7 rings (SSSR count). The highest BCUT2D eigenvalue weighted by Crippen LogP contribution is 2.45. The highest BCUT2D eigenvalue weighted by molar-refractivity contribution is 5.83. The average Bonchev–Trinajstić information content (AvgIpc) is 3.61. The molecular weight excluding hydrogens is 545 g/mol. The number of phenolic OH excluding ortho intramolecular Hbond substituents is 1. The predicted molar refractivity (Wildman–Crippen MR) is 163 cm³/mol. The average molecular weight is 594 g/mol. The van der Waals surface area contributed by atoms with E-state index in [9.17, 15) is 14.3 Å². The lowest BCUT2D eigenvalue weighted by atomic mass is 9.73. The Morgan fingerprint density at radius 1 is 1.12 bits per heavy atom. The van der Waals surface area contributed by atoms with Crippen molar-refractivity contribution in [2.24, 2.45) is 5.92 Å². The van der Waals surface area contributed by atoms with Crippen LogP contribution in [-0.4, -0.2) is 86.5 Å². The summed E-state index contributed by atoms with van der Waals surface area (Å²) in [5.41, 5.74) is 11.3. The maximum absolute atomic E-state index is 14.3. The minimum Gasteiger partial charge on any atom is -0.505 e. The first kappa shape index (κ1) is 29.2. The summed E-state index contributed by atoms with van der Waals surface area (Å²) in [7, 11) is 0. The number of halogens is 1. The quantitative estimate of drug-likeness (QED) is 0.388. The molecule has 1 saturated carbocycles. The van der Waals surface area contributed by atoms with Gasteiger partial charge in [-0.3, -0.25) is 20.0 Å². The molecule has 5 aliphatic rings. The van der Waals surface area contributed by atoms with Crippen LogP contribution < -0.4 is 10.9 Å². The van der Waals surface area contributed by atoms with E-state index in [0.29, 0.717) is 18.4 Å². The number of hydrazine groups is 1. The zero-order chi connectivity index (χ0) is 29.7. The Hall–Kier alpha value is -2.53. The Bertz CT molecular complexity index is 1320. The number of rotatable bonds is 7. The Morgan fingerprint density at radius 2 is 1.93 bits per heavy atom. The van der Waals surface area contributed by atoms with Crippen LogP contribution in [0.15, 0.2) is 12.1 Å². The SMILES string of the molecule is CCCN1Cc2[nH]c(C3NNC4CC(c5cc(F)c(O)cc5CC)CCC43)nc2CC1C(=O)N1CC(N2CCCCC2)C1. The van der Waals surface area contributed by atoms with Gasteiger partial charge in [0.15, 0.2) is 11.6 Å². The fourth-order valence-electron chi connectivity index (χ4n) is 8.59. The fourth-order valence-corrected chi connectivity index (χ4v) is 8.59. The van der Waals surface area contributed by atoms with Crippen LogP contribution in [-0.2, 0) is 24.2 Å². The number of benzene rings is 1. The van der Waals surface area contributed by atoms with Crippen LogP contribution in [0.4, 0.5) is 4.39 Å². The Kier molecular flexibility index (Phi) is 8.22. The van der Waals surface area contributed by atoms with Crippen molar-refractivity contribution in [3.05, 3.63) is 46.3 Å². The number of carbonyl (C=O) groups is 1. The number of aromatic hydroxyl groups is 1. The molecule has 2 aromatic rings. The van der Waals surface area contributed by atoms with Crippen LogP contribution in [0.3, 0.4) is 0 Å². The zero-order valence-electron chi connectivity index (χ0n) is 25.7. The summed E-state index contributed by atoms with van der Waals surface area (Å²) >= 11 is 0. The molecule has 43 heavy (non-hydrogen) atoms. The number of H-pyrrole nitrogens is 1. The van der Waals surface area contributed by atoms with Crippen molar-refractivity contribution in [1.82, 2.24) is 35.5 Å². The molecule has 4 fully saturated rings. The standard InChI is InChI=1S/C33H48FN7O2/c1-3-10-40-19-28-27(16-29(40)33(43)41-17-22(18-41)39-11-6-5-7-12-39)35-32(36-28)31-23-9-8-21(13-26(23)37-38-31)24-15-25(34)30(42)14-20(24)4-2/h14-15,21-23,26,29,31,37-38,42H,3-13,16-19H2,1-2H3,(H,35,36). The van der Waals surface area contributed by atoms with Gasteiger partial charge in [-0.05, 0) is 99.7 Å². The van der Waals surface area contributed by atoms with Crippen molar-refractivity contribution in [2.45, 2.75) is 108 Å². The van der Waals surface area contributed by atoms with E-state index in [1.807, 2.05) is 0 Å². The van der Waals surface area contributed by atoms with Crippen LogP contribution in [0.5, 0.6) is 5.75 Å². The second kappa shape index (κ2) is 12.1. The molecule has 234 valence electrons. The minimum atomic E-state index is -0.532. The van der Waals surface area contributed by atoms with Crippen LogP contribution in [0.25, 0.3) is 0 Å². The number of hydrogen-bond acceptors (Lipinski definition) is 7. The van der Waals surface area contributed by atoms with E-state index in [2.05, 4.69) is 44.4 Å². The lowest BCUT2D eigenvalue weighted by molar-refractivity contribution is -0.145. The van der Waals surface area contributed by atoms with Crippen molar-refractivity contribution >= 4 is 5.91 Å². The maximum atomic E-state index is 14.3. The topological polar surface area (TPSA) is 99.8 Å². The fraction of sp³-hybridized carbons (Fsp3) is 0.697. The van der Waals surface area contributed by atoms with Crippen molar-refractivity contribution < 1.29 is 14.3 Å². The van der Waals surface area contributed by atoms with Crippen molar-refractivity contribution in [3.8, 4) is 5.75 Å². The first-order chi connectivity index (χ1) is 20.9. The number of phenols is 1. The van der Waals surface area contributed by atoms with Gasteiger partial charge in [0.2, 0.25) is 5.91 Å². The van der Waals surface area contributed by atoms with Gasteiger partial charge < -0.3 is 15.0 Å². The Labute approximate surface area is 254 Å². The second-order valence-electron chi connectivity index (χ2n) is 13.6. The highest BCUT2D eigenvalue weighted by atomic mass is 19.1. The van der Waals surface area contributed by atoms with Crippen LogP contribution >= 0.6 is 0 Å². The van der Waals surface area contributed by atoms with Crippen LogP contribution in [0, 0.1) is 11.7 Å². The molecule has 5 heterocycles. The molecule has 1 aromatic carbocycles. The summed E-state index contributed by atoms with van der Waals surface area (Å²) in [6.45, 7) is 9.98. The van der Waals surface area contributed by atoms with E-state index in [1.165, 1.54) is 32.4 Å². The number of likely N-dealkylation sites (tertiary alicyclic amines) is 2. The molecule has 9 nitrogen and oxygen atoms in total. The Balaban J connectivity index is 1.02. The summed E-state index contributed by atoms with van der Waals surface area (Å²) in [5.74, 6) is 1.09. The van der Waals surface area contributed by atoms with E-state index < -0.39 is 5.82 Å². The van der Waals surface area contributed by atoms with Gasteiger partial charge in [0.05, 0.1) is 23.5 Å². The van der Waals surface area contributed by atoms with E-state index in [1.54, 1.807) is 12.1 Å². The molecule has 4 N–H and O–H groups in total. The summed E-state index contributed by atoms with van der Waals surface area (Å²) in [4.78, 5) is 29.6. The molecule has 0 bridgehead atoms. The van der Waals surface area contributed by atoms with Gasteiger partial charge >= 0.3 is 0 Å². The molecular formula is C33H48FN7O2. The van der Waals surface area contributed by atoms with E-state index in [-0.39, 0.29) is 35.7 Å². The number of aryl methyl sites for hydroxylation is 1. The van der Waals surface area contributed by atoms with Crippen LogP contribution in [0.2, 0.25) is 0 Å². The number of aromatic nitrogens is 2. The maximum Gasteiger partial charge on any atom is 0.240 e. The molecule has 1 amide bonds. The first-order valence-electron chi connectivity index (χ1n) is 16.8. The largest absolute Gasteiger partial charge is 0.505 e. The third kappa shape index (κ3) is 5.49. The number of fused-ring (bicyclic) bond motifs is 2. The lowest BCUT2D eigenvalue weighted by Gasteiger charge is -2.48. The van der Waals surface area contributed by atoms with E-state index >= 15 is 0 Å². The van der Waals surface area contributed by atoms with Gasteiger partial charge in [-0.2, -0.15) is 0 Å². The van der Waals surface area contributed by atoms with Gasteiger partial charge in [-0.25, -0.2) is 14.8 Å². The lowest BCUT2D eigenvalue weighted by Crippen LogP contribution is -2.65. The van der Waals surface area contributed by atoms with Crippen molar-refractivity contribution in [2.75, 3.05) is 32.7 Å². The molecule has 3 saturated heterocycles. The van der Waals surface area contributed by atoms with Crippen molar-refractivity contribution in [1.29, 1.82) is 0 Å². The van der Waals surface area contributed by atoms with Crippen LogP contribution in [0.1, 0.15) is 99.1 Å². The van der Waals surface area contributed by atoms with Gasteiger partial charge in [0, 0.05) is 38.1 Å². The highest BCUT2D eigenvalue weighted by Gasteiger charge is 2.45. The monoisotopic (exact) mass is 593 g/mol. The van der Waals surface area contributed by atoms with Gasteiger partial charge in [-0.1, -0.05) is 20.3 Å². The van der Waals surface area contributed by atoms with E-state index in [0.717, 1.165) is 86.6 Å². The summed E-state index contributed by atoms with van der Waals surface area (Å²) in [6, 6.07) is 3.88. The number of nitrogens with zero attached hydrogens (tertiary/aromatic N) is 4. The number of nitrogens with one attached hydrogen (secondary N) is 3. The molecule has 1 aliphatic carbocycles. The smallest absolute Gasteiger partial charge is 0.240 e. The van der Waals surface area contributed by atoms with Gasteiger partial charge in [0.25, 0.3) is 0 Å². The third-order valence-corrected chi connectivity index (χ3v) is 11.0. The normalized spacial score (nSPS) is 30.2. The number of hydrogen-bond donors (Lipinski definition) is 4. The summed E-state index contributed by atoms with van der Waals surface area (Å²) in [5, 5.41) is 9.90. The summed E-state index contributed by atoms with van der Waals surface area (Å²) < 4.78 is 14.3. The second-order valence-corrected chi connectivity index (χ2v) is 13.6. The first-order valence-corrected chi connectivity index (χ1v) is 16.8. The third-order valence-electron chi connectivity index (χ3n) is 11.0. The molecule has 5 atom stereocenters. The summed E-state index contributed by atoms with van der Waals surface area (Å²) in [6.07, 6.45) is 9.26. The molecule has 1 aromatic heterocycles. The molecule has 5 unspecified atom stereocenters. The molecule has 0 radical (unpaired) electrons. The van der Waals surface area contributed by atoms with Crippen molar-refractivity contribution in [3.63, 3.8) is 0 Å². The minimum absolute atomic E-state index is 0.0770. The van der Waals surface area contributed by atoms with Gasteiger partial charge in [0.1, 0.15) is 5.82 Å². The molecule has 0 spiro atoms. The van der Waals surface area contributed by atoms with E-state index in [4.69, 9.17) is 4.98 Å². The number of carbonyl (C=O) groups excluding carboxylic acids is 1. The van der Waals surface area contributed by atoms with Gasteiger partial charge in [-0.15, -0.1) is 0 Å².